The fourth-order valence-electron chi connectivity index (χ4n) is 2.54. The largest absolute Gasteiger partial charge is 0.480 e. The molecule has 0 fully saturated rings. The third-order valence-corrected chi connectivity index (χ3v) is 5.11. The molecule has 136 valence electrons. The van der Waals surface area contributed by atoms with Gasteiger partial charge in [-0.2, -0.15) is 0 Å². The molecule has 0 bridgehead atoms. The molecule has 0 saturated carbocycles. The lowest BCUT2D eigenvalue weighted by atomic mass is 10.0. The molecule has 2 aromatic rings. The zero-order valence-electron chi connectivity index (χ0n) is 15.2. The highest BCUT2D eigenvalue weighted by atomic mass is 32.1. The van der Waals surface area contributed by atoms with E-state index < -0.39 is 23.0 Å². The number of aryl methyl sites for hydroxylation is 2. The van der Waals surface area contributed by atoms with E-state index in [1.54, 1.807) is 13.8 Å². The number of carboxylic acids is 1. The zero-order chi connectivity index (χ0) is 19.1. The lowest BCUT2D eigenvalue weighted by Crippen LogP contribution is -2.44. The molecule has 0 aliphatic carbocycles. The van der Waals surface area contributed by atoms with Crippen molar-refractivity contribution in [2.75, 3.05) is 6.61 Å². The molecular formula is C17H22N2O5S. The smallest absolute Gasteiger partial charge is 0.348 e. The van der Waals surface area contributed by atoms with Crippen LogP contribution in [0.15, 0.2) is 4.79 Å². The highest BCUT2D eigenvalue weighted by Crippen LogP contribution is 2.29. The molecule has 0 aliphatic heterocycles. The van der Waals surface area contributed by atoms with Crippen molar-refractivity contribution in [2.24, 2.45) is 5.92 Å². The van der Waals surface area contributed by atoms with Crippen LogP contribution < -0.4 is 5.56 Å². The van der Waals surface area contributed by atoms with Crippen molar-refractivity contribution < 1.29 is 19.4 Å². The van der Waals surface area contributed by atoms with Crippen LogP contribution in [0.1, 0.15) is 48.8 Å². The second-order valence-electron chi connectivity index (χ2n) is 6.89. The number of carboxylic acid groups (broad SMARTS) is 1. The molecule has 7 nitrogen and oxygen atoms in total. The Morgan fingerprint density at radius 1 is 1.32 bits per heavy atom. The standard InChI is InChI=1S/C17H22N2O5S/c1-8(2)7-24-15(21)12-9(3)11-13(25-12)18-10(4)19(14(11)20)17(5,6)16(22)23/h8H,7H2,1-6H3,(H,22,23). The maximum absolute atomic E-state index is 12.9. The lowest BCUT2D eigenvalue weighted by Gasteiger charge is -2.24. The first-order chi connectivity index (χ1) is 11.5. The van der Waals surface area contributed by atoms with Crippen molar-refractivity contribution in [1.82, 2.24) is 9.55 Å². The van der Waals surface area contributed by atoms with Crippen LogP contribution in [0.25, 0.3) is 10.2 Å². The van der Waals surface area contributed by atoms with E-state index in [1.165, 1.54) is 13.8 Å². The first-order valence-corrected chi connectivity index (χ1v) is 8.73. The van der Waals surface area contributed by atoms with Gasteiger partial charge in [-0.25, -0.2) is 14.6 Å². The number of fused-ring (bicyclic) bond motifs is 1. The van der Waals surface area contributed by atoms with Crippen LogP contribution >= 0.6 is 11.3 Å². The SMILES string of the molecule is Cc1c(C(=O)OCC(C)C)sc2nc(C)n(C(C)(C)C(=O)O)c(=O)c12. The van der Waals surface area contributed by atoms with Crippen molar-refractivity contribution in [3.05, 3.63) is 26.6 Å². The fraction of sp³-hybridized carbons (Fsp3) is 0.529. The number of aromatic nitrogens is 2. The summed E-state index contributed by atoms with van der Waals surface area (Å²) >= 11 is 1.09. The summed E-state index contributed by atoms with van der Waals surface area (Å²) in [6, 6.07) is 0. The molecule has 2 aromatic heterocycles. The van der Waals surface area contributed by atoms with Crippen LogP contribution in [-0.4, -0.2) is 33.2 Å². The Balaban J connectivity index is 2.66. The van der Waals surface area contributed by atoms with Crippen LogP contribution in [0.3, 0.4) is 0 Å². The quantitative estimate of drug-likeness (QED) is 0.817. The average molecular weight is 366 g/mol. The second-order valence-corrected chi connectivity index (χ2v) is 7.89. The minimum absolute atomic E-state index is 0.201. The van der Waals surface area contributed by atoms with Gasteiger partial charge < -0.3 is 9.84 Å². The number of carbonyl (C=O) groups is 2. The molecule has 0 atom stereocenters. The predicted octanol–water partition coefficient (Wildman–Crippen LogP) is 2.71. The predicted molar refractivity (Wildman–Crippen MR) is 95.4 cm³/mol. The molecule has 0 aliphatic rings. The molecule has 25 heavy (non-hydrogen) atoms. The van der Waals surface area contributed by atoms with Crippen LogP contribution in [0.2, 0.25) is 0 Å². The number of thiophene rings is 1. The molecule has 8 heteroatoms. The Morgan fingerprint density at radius 2 is 1.92 bits per heavy atom. The van der Waals surface area contributed by atoms with Gasteiger partial charge in [-0.1, -0.05) is 13.8 Å². The number of esters is 1. The molecule has 0 saturated heterocycles. The van der Waals surface area contributed by atoms with E-state index in [9.17, 15) is 19.5 Å². The highest BCUT2D eigenvalue weighted by Gasteiger charge is 2.34. The molecule has 2 rings (SSSR count). The Bertz CT molecular complexity index is 908. The van der Waals surface area contributed by atoms with Gasteiger partial charge in [0, 0.05) is 0 Å². The number of aliphatic carboxylic acids is 1. The first kappa shape index (κ1) is 19.1. The third-order valence-electron chi connectivity index (χ3n) is 3.95. The normalized spacial score (nSPS) is 12.0. The van der Waals surface area contributed by atoms with Crippen LogP contribution in [0.5, 0.6) is 0 Å². The number of rotatable bonds is 5. The van der Waals surface area contributed by atoms with Gasteiger partial charge in [-0.05, 0) is 39.2 Å². The van der Waals surface area contributed by atoms with E-state index in [-0.39, 0.29) is 23.7 Å². The molecule has 0 spiro atoms. The molecular weight excluding hydrogens is 344 g/mol. The molecule has 1 N–H and O–H groups in total. The number of carbonyl (C=O) groups excluding carboxylic acids is 1. The van der Waals surface area contributed by atoms with Crippen molar-refractivity contribution in [3.8, 4) is 0 Å². The fourth-order valence-corrected chi connectivity index (χ4v) is 3.65. The number of hydrogen-bond donors (Lipinski definition) is 1. The molecule has 0 radical (unpaired) electrons. The van der Waals surface area contributed by atoms with E-state index in [2.05, 4.69) is 4.98 Å². The van der Waals surface area contributed by atoms with Crippen LogP contribution in [0.4, 0.5) is 0 Å². The lowest BCUT2D eigenvalue weighted by molar-refractivity contribution is -0.145. The minimum Gasteiger partial charge on any atom is -0.480 e. The summed E-state index contributed by atoms with van der Waals surface area (Å²) in [5, 5.41) is 9.71. The van der Waals surface area contributed by atoms with E-state index >= 15 is 0 Å². The van der Waals surface area contributed by atoms with E-state index in [1.807, 2.05) is 13.8 Å². The highest BCUT2D eigenvalue weighted by molar-refractivity contribution is 7.20. The van der Waals surface area contributed by atoms with E-state index in [0.29, 0.717) is 15.3 Å². The minimum atomic E-state index is -1.45. The van der Waals surface area contributed by atoms with Gasteiger partial charge in [0.15, 0.2) is 0 Å². The summed E-state index contributed by atoms with van der Waals surface area (Å²) < 4.78 is 6.40. The third kappa shape index (κ3) is 3.30. The first-order valence-electron chi connectivity index (χ1n) is 7.92. The number of hydrogen-bond acceptors (Lipinski definition) is 6. The second kappa shape index (κ2) is 6.59. The summed E-state index contributed by atoms with van der Waals surface area (Å²) in [7, 11) is 0. The zero-order valence-corrected chi connectivity index (χ0v) is 16.0. The van der Waals surface area contributed by atoms with Gasteiger partial charge in [0.25, 0.3) is 5.56 Å². The van der Waals surface area contributed by atoms with E-state index in [4.69, 9.17) is 4.74 Å². The van der Waals surface area contributed by atoms with Crippen molar-refractivity contribution in [2.45, 2.75) is 47.1 Å². The molecule has 0 amide bonds. The molecule has 0 aromatic carbocycles. The van der Waals surface area contributed by atoms with Gasteiger partial charge >= 0.3 is 11.9 Å². The topological polar surface area (TPSA) is 98.5 Å². The Labute approximate surface area is 149 Å². The van der Waals surface area contributed by atoms with Gasteiger partial charge in [0.05, 0.1) is 12.0 Å². The van der Waals surface area contributed by atoms with Crippen molar-refractivity contribution in [1.29, 1.82) is 0 Å². The Hall–Kier alpha value is -2.22. The number of ether oxygens (including phenoxy) is 1. The van der Waals surface area contributed by atoms with Crippen LogP contribution in [-0.2, 0) is 15.1 Å². The van der Waals surface area contributed by atoms with Gasteiger partial charge in [-0.3, -0.25) is 9.36 Å². The summed E-state index contributed by atoms with van der Waals surface area (Å²) in [6.45, 7) is 10.3. The summed E-state index contributed by atoms with van der Waals surface area (Å²) in [6.07, 6.45) is 0. The molecule has 2 heterocycles. The summed E-state index contributed by atoms with van der Waals surface area (Å²) in [5.41, 5.74) is -1.44. The molecule has 0 unspecified atom stereocenters. The summed E-state index contributed by atoms with van der Waals surface area (Å²) in [5.74, 6) is -1.14. The number of nitrogens with zero attached hydrogens (tertiary/aromatic N) is 2. The maximum atomic E-state index is 12.9. The van der Waals surface area contributed by atoms with E-state index in [0.717, 1.165) is 15.9 Å². The Morgan fingerprint density at radius 3 is 2.44 bits per heavy atom. The van der Waals surface area contributed by atoms with Crippen molar-refractivity contribution in [3.63, 3.8) is 0 Å². The van der Waals surface area contributed by atoms with Gasteiger partial charge in [-0.15, -0.1) is 11.3 Å². The van der Waals surface area contributed by atoms with Crippen LogP contribution in [0, 0.1) is 19.8 Å². The maximum Gasteiger partial charge on any atom is 0.348 e. The van der Waals surface area contributed by atoms with Gasteiger partial charge in [0.2, 0.25) is 0 Å². The Kier molecular flexibility index (Phi) is 5.04. The van der Waals surface area contributed by atoms with Crippen molar-refractivity contribution >= 4 is 33.5 Å². The van der Waals surface area contributed by atoms with Gasteiger partial charge in [0.1, 0.15) is 21.1 Å². The average Bonchev–Trinajstić information content (AvgIpc) is 2.81. The summed E-state index contributed by atoms with van der Waals surface area (Å²) in [4.78, 5) is 41.9. The monoisotopic (exact) mass is 366 g/mol.